The predicted molar refractivity (Wildman–Crippen MR) is 104 cm³/mol. The van der Waals surface area contributed by atoms with Gasteiger partial charge in [0.1, 0.15) is 5.52 Å². The molecule has 0 radical (unpaired) electrons. The highest BCUT2D eigenvalue weighted by atomic mass is 16.5. The fourth-order valence-electron chi connectivity index (χ4n) is 3.45. The minimum absolute atomic E-state index is 0.312. The minimum Gasteiger partial charge on any atom is -0.452 e. The summed E-state index contributed by atoms with van der Waals surface area (Å²) in [5.74, 6) is -0.896. The second kappa shape index (κ2) is 6.35. The molecule has 6 nitrogen and oxygen atoms in total. The highest BCUT2D eigenvalue weighted by Crippen LogP contribution is 2.28. The number of nitrogens with zero attached hydrogens (tertiary/aromatic N) is 2. The average molecular weight is 370 g/mol. The Morgan fingerprint density at radius 1 is 0.929 bits per heavy atom. The topological polar surface area (TPSA) is 74.3 Å². The van der Waals surface area contributed by atoms with Gasteiger partial charge in [-0.3, -0.25) is 9.36 Å². The van der Waals surface area contributed by atoms with Crippen LogP contribution in [0, 0.1) is 0 Å². The number of carbonyl (C=O) groups is 2. The van der Waals surface area contributed by atoms with Crippen LogP contribution in [-0.4, -0.2) is 28.0 Å². The summed E-state index contributed by atoms with van der Waals surface area (Å²) in [6.07, 6.45) is 1.31. The zero-order valence-corrected chi connectivity index (χ0v) is 14.7. The average Bonchev–Trinajstić information content (AvgIpc) is 3.33. The lowest BCUT2D eigenvalue weighted by molar-refractivity contribution is 0.0452. The molecule has 0 unspecified atom stereocenters. The number of fused-ring (bicyclic) bond motifs is 4. The molecule has 0 aliphatic rings. The van der Waals surface area contributed by atoms with Crippen LogP contribution >= 0.6 is 0 Å². The number of esters is 1. The first-order chi connectivity index (χ1) is 13.7. The lowest BCUT2D eigenvalue weighted by Gasteiger charge is -2.07. The van der Waals surface area contributed by atoms with Crippen LogP contribution in [0.3, 0.4) is 0 Å². The summed E-state index contributed by atoms with van der Waals surface area (Å²) in [5, 5.41) is 1.96. The van der Waals surface area contributed by atoms with Crippen molar-refractivity contribution in [1.82, 2.24) is 9.55 Å². The third-order valence-electron chi connectivity index (χ3n) is 4.72. The maximum absolute atomic E-state index is 12.9. The molecule has 0 bridgehead atoms. The van der Waals surface area contributed by atoms with Crippen molar-refractivity contribution in [2.45, 2.75) is 0 Å². The largest absolute Gasteiger partial charge is 0.452 e. The number of para-hydroxylation sites is 2. The number of benzene rings is 3. The third kappa shape index (κ3) is 2.54. The van der Waals surface area contributed by atoms with E-state index >= 15 is 0 Å². The molecular formula is C22H14N2O4. The van der Waals surface area contributed by atoms with E-state index in [2.05, 4.69) is 4.98 Å². The predicted octanol–water partition coefficient (Wildman–Crippen LogP) is 4.43. The molecule has 0 amide bonds. The van der Waals surface area contributed by atoms with E-state index in [4.69, 9.17) is 9.15 Å². The van der Waals surface area contributed by atoms with E-state index in [1.54, 1.807) is 22.8 Å². The molecule has 3 aromatic carbocycles. The Bertz CT molecular complexity index is 1310. The molecule has 0 saturated carbocycles. The Balaban J connectivity index is 1.44. The summed E-state index contributed by atoms with van der Waals surface area (Å²) in [7, 11) is 0. The summed E-state index contributed by atoms with van der Waals surface area (Å²) in [6.45, 7) is -0.363. The van der Waals surface area contributed by atoms with Crippen molar-refractivity contribution < 1.29 is 18.7 Å². The van der Waals surface area contributed by atoms with Gasteiger partial charge in [0.25, 0.3) is 5.91 Å². The molecule has 0 saturated heterocycles. The molecule has 2 heterocycles. The Morgan fingerprint density at radius 2 is 1.61 bits per heavy atom. The van der Waals surface area contributed by atoms with E-state index in [1.165, 1.54) is 6.39 Å². The molecule has 5 aromatic rings. The van der Waals surface area contributed by atoms with Gasteiger partial charge in [0, 0.05) is 10.8 Å². The molecule has 0 atom stereocenters. The zero-order valence-electron chi connectivity index (χ0n) is 14.7. The minimum atomic E-state index is -0.584. The molecule has 6 heteroatoms. The van der Waals surface area contributed by atoms with Crippen LogP contribution in [0.1, 0.15) is 15.2 Å². The second-order valence-electron chi connectivity index (χ2n) is 6.37. The fourth-order valence-corrected chi connectivity index (χ4v) is 3.45. The fraction of sp³-hybridized carbons (Fsp3) is 0.0455. The van der Waals surface area contributed by atoms with Crippen molar-refractivity contribution in [1.29, 1.82) is 0 Å². The van der Waals surface area contributed by atoms with Gasteiger partial charge in [0.2, 0.25) is 0 Å². The summed E-state index contributed by atoms with van der Waals surface area (Å²) in [6, 6.07) is 20.1. The van der Waals surface area contributed by atoms with Gasteiger partial charge in [-0.1, -0.05) is 36.4 Å². The van der Waals surface area contributed by atoms with Gasteiger partial charge >= 0.3 is 5.97 Å². The Hall–Kier alpha value is -3.93. The molecule has 5 rings (SSSR count). The maximum atomic E-state index is 12.9. The number of hydrogen-bond acceptors (Lipinski definition) is 5. The van der Waals surface area contributed by atoms with Crippen LogP contribution in [0.5, 0.6) is 0 Å². The first kappa shape index (κ1) is 16.3. The summed E-state index contributed by atoms with van der Waals surface area (Å²) < 4.78 is 12.0. The third-order valence-corrected chi connectivity index (χ3v) is 4.72. The molecule has 28 heavy (non-hydrogen) atoms. The van der Waals surface area contributed by atoms with Crippen LogP contribution in [0.4, 0.5) is 0 Å². The van der Waals surface area contributed by atoms with E-state index < -0.39 is 5.97 Å². The van der Waals surface area contributed by atoms with Crippen LogP contribution < -0.4 is 0 Å². The van der Waals surface area contributed by atoms with Crippen LogP contribution in [0.25, 0.3) is 32.9 Å². The van der Waals surface area contributed by atoms with Crippen LogP contribution in [0.15, 0.2) is 77.5 Å². The van der Waals surface area contributed by atoms with Crippen molar-refractivity contribution in [3.05, 3.63) is 78.7 Å². The normalized spacial score (nSPS) is 11.3. The first-order valence-electron chi connectivity index (χ1n) is 8.74. The van der Waals surface area contributed by atoms with Gasteiger partial charge < -0.3 is 9.15 Å². The van der Waals surface area contributed by atoms with Crippen molar-refractivity contribution >= 4 is 44.8 Å². The number of hydrogen-bond donors (Lipinski definition) is 0. The van der Waals surface area contributed by atoms with Crippen molar-refractivity contribution in [3.8, 4) is 0 Å². The number of aromatic nitrogens is 2. The Labute approximate surface area is 158 Å². The quantitative estimate of drug-likeness (QED) is 0.439. The summed E-state index contributed by atoms with van der Waals surface area (Å²) in [5.41, 5.74) is 3.03. The van der Waals surface area contributed by atoms with Gasteiger partial charge in [0.05, 0.1) is 16.6 Å². The highest BCUT2D eigenvalue weighted by molar-refractivity contribution is 6.13. The van der Waals surface area contributed by atoms with Gasteiger partial charge in [-0.25, -0.2) is 9.78 Å². The van der Waals surface area contributed by atoms with E-state index in [-0.39, 0.29) is 12.5 Å². The number of oxazole rings is 1. The number of ether oxygens (including phenoxy) is 1. The van der Waals surface area contributed by atoms with Crippen molar-refractivity contribution in [3.63, 3.8) is 0 Å². The molecule has 0 N–H and O–H groups in total. The summed E-state index contributed by atoms with van der Waals surface area (Å²) in [4.78, 5) is 29.3. The van der Waals surface area contributed by atoms with E-state index in [9.17, 15) is 9.59 Å². The number of carbonyl (C=O) groups excluding carboxylic acids is 2. The van der Waals surface area contributed by atoms with Gasteiger partial charge in [0.15, 0.2) is 18.6 Å². The van der Waals surface area contributed by atoms with Gasteiger partial charge in [-0.05, 0) is 30.3 Å². The molecular weight excluding hydrogens is 356 g/mol. The van der Waals surface area contributed by atoms with Crippen molar-refractivity contribution in [2.75, 3.05) is 6.61 Å². The summed E-state index contributed by atoms with van der Waals surface area (Å²) >= 11 is 0. The lowest BCUT2D eigenvalue weighted by Crippen LogP contribution is -2.20. The van der Waals surface area contributed by atoms with E-state index in [0.29, 0.717) is 16.7 Å². The number of rotatable bonds is 3. The van der Waals surface area contributed by atoms with Crippen LogP contribution in [-0.2, 0) is 4.74 Å². The first-order valence-corrected chi connectivity index (χ1v) is 8.74. The monoisotopic (exact) mass is 370 g/mol. The van der Waals surface area contributed by atoms with E-state index in [0.717, 1.165) is 21.8 Å². The van der Waals surface area contributed by atoms with Gasteiger partial charge in [-0.15, -0.1) is 0 Å². The second-order valence-corrected chi connectivity index (χ2v) is 6.37. The highest BCUT2D eigenvalue weighted by Gasteiger charge is 2.18. The van der Waals surface area contributed by atoms with Crippen molar-refractivity contribution in [2.24, 2.45) is 0 Å². The molecule has 0 fully saturated rings. The SMILES string of the molecule is O=C(OCC(=O)n1c2ccccc2c2ccccc21)c1ccc2ocnc2c1. The molecule has 0 aliphatic heterocycles. The van der Waals surface area contributed by atoms with Crippen LogP contribution in [0.2, 0.25) is 0 Å². The van der Waals surface area contributed by atoms with Gasteiger partial charge in [-0.2, -0.15) is 0 Å². The van der Waals surface area contributed by atoms with E-state index in [1.807, 2.05) is 48.5 Å². The Morgan fingerprint density at radius 3 is 2.32 bits per heavy atom. The Kier molecular flexibility index (Phi) is 3.69. The molecule has 0 aliphatic carbocycles. The molecule has 2 aromatic heterocycles. The zero-order chi connectivity index (χ0) is 19.1. The maximum Gasteiger partial charge on any atom is 0.338 e. The standard InChI is InChI=1S/C22H14N2O4/c25-21(12-27-22(26)14-9-10-20-17(11-14)23-13-28-20)24-18-7-3-1-5-15(18)16-6-2-4-8-19(16)24/h1-11,13H,12H2. The smallest absolute Gasteiger partial charge is 0.338 e. The lowest BCUT2D eigenvalue weighted by atomic mass is 10.2. The molecule has 136 valence electrons. The molecule has 0 spiro atoms.